The van der Waals surface area contributed by atoms with Crippen LogP contribution < -0.4 is 10.1 Å². The molecular formula is C18H26F3IN4O3. The van der Waals surface area contributed by atoms with Crippen LogP contribution in [0.5, 0.6) is 5.88 Å². The molecule has 11 heteroatoms. The number of ether oxygens (including phenoxy) is 2. The third-order valence-corrected chi connectivity index (χ3v) is 4.26. The third-order valence-electron chi connectivity index (χ3n) is 4.26. The molecule has 2 heterocycles. The maximum absolute atomic E-state index is 12.3. The molecule has 1 aromatic rings. The number of hydrogen-bond donors (Lipinski definition) is 1. The van der Waals surface area contributed by atoms with Crippen molar-refractivity contribution in [1.29, 1.82) is 0 Å². The van der Waals surface area contributed by atoms with E-state index in [1.165, 1.54) is 12.3 Å². The van der Waals surface area contributed by atoms with Gasteiger partial charge in [-0.1, -0.05) is 0 Å². The summed E-state index contributed by atoms with van der Waals surface area (Å²) < 4.78 is 46.5. The van der Waals surface area contributed by atoms with Gasteiger partial charge in [-0.3, -0.25) is 9.79 Å². The summed E-state index contributed by atoms with van der Waals surface area (Å²) in [4.78, 5) is 21.9. The molecule has 1 N–H and O–H groups in total. The fraction of sp³-hybridized carbons (Fsp3) is 0.611. The summed E-state index contributed by atoms with van der Waals surface area (Å²) >= 11 is 0. The highest BCUT2D eigenvalue weighted by atomic mass is 127. The standard InChI is InChI=1S/C18H25F3N4O3.HI/c1-3-27-16(26)14-5-8-25(9-6-14)17(22-2)24-11-13-4-7-23-15(10-13)28-12-18(19,20)21;/h4,7,10,14H,3,5-6,8-9,11-12H2,1-2H3,(H,22,24);1H. The summed E-state index contributed by atoms with van der Waals surface area (Å²) in [7, 11) is 1.66. The van der Waals surface area contributed by atoms with Gasteiger partial charge in [0, 0.05) is 38.9 Å². The van der Waals surface area contributed by atoms with Crippen LogP contribution in [0.25, 0.3) is 0 Å². The highest BCUT2D eigenvalue weighted by molar-refractivity contribution is 14.0. The number of pyridine rings is 1. The van der Waals surface area contributed by atoms with E-state index in [1.807, 2.05) is 4.90 Å². The zero-order valence-corrected chi connectivity index (χ0v) is 18.7. The van der Waals surface area contributed by atoms with Crippen LogP contribution in [-0.2, 0) is 16.1 Å². The SMILES string of the molecule is CCOC(=O)C1CCN(C(=NC)NCc2ccnc(OCC(F)(F)F)c2)CC1.I. The van der Waals surface area contributed by atoms with Crippen molar-refractivity contribution in [2.24, 2.45) is 10.9 Å². The molecule has 7 nitrogen and oxygen atoms in total. The van der Waals surface area contributed by atoms with Crippen molar-refractivity contribution in [3.05, 3.63) is 23.9 Å². The summed E-state index contributed by atoms with van der Waals surface area (Å²) in [6, 6.07) is 3.15. The Morgan fingerprint density at radius 2 is 2.07 bits per heavy atom. The van der Waals surface area contributed by atoms with Crippen molar-refractivity contribution in [2.75, 3.05) is 33.4 Å². The number of esters is 1. The average molecular weight is 530 g/mol. The quantitative estimate of drug-likeness (QED) is 0.264. The van der Waals surface area contributed by atoms with Crippen LogP contribution in [0.2, 0.25) is 0 Å². The Morgan fingerprint density at radius 3 is 2.66 bits per heavy atom. The Labute approximate surface area is 185 Å². The lowest BCUT2D eigenvalue weighted by atomic mass is 9.97. The first-order valence-electron chi connectivity index (χ1n) is 9.09. The molecule has 1 aliphatic rings. The van der Waals surface area contributed by atoms with Gasteiger partial charge in [-0.15, -0.1) is 24.0 Å². The van der Waals surface area contributed by atoms with Crippen molar-refractivity contribution >= 4 is 35.9 Å². The molecule has 0 saturated carbocycles. The Hall–Kier alpha value is -1.79. The van der Waals surface area contributed by atoms with E-state index in [9.17, 15) is 18.0 Å². The zero-order chi connectivity index (χ0) is 20.6. The third kappa shape index (κ3) is 8.62. The molecule has 164 valence electrons. The van der Waals surface area contributed by atoms with E-state index in [1.54, 1.807) is 20.0 Å². The number of alkyl halides is 3. The lowest BCUT2D eigenvalue weighted by Gasteiger charge is -2.33. The summed E-state index contributed by atoms with van der Waals surface area (Å²) in [5, 5.41) is 3.18. The summed E-state index contributed by atoms with van der Waals surface area (Å²) in [5.41, 5.74) is 0.717. The summed E-state index contributed by atoms with van der Waals surface area (Å²) in [5.74, 6) is 0.329. The van der Waals surface area contributed by atoms with Gasteiger partial charge in [0.25, 0.3) is 0 Å². The van der Waals surface area contributed by atoms with Crippen molar-refractivity contribution in [3.63, 3.8) is 0 Å². The number of guanidine groups is 1. The van der Waals surface area contributed by atoms with Crippen LogP contribution in [0.15, 0.2) is 23.3 Å². The number of aromatic nitrogens is 1. The second-order valence-electron chi connectivity index (χ2n) is 6.32. The van der Waals surface area contributed by atoms with E-state index in [4.69, 9.17) is 4.74 Å². The molecule has 0 radical (unpaired) electrons. The predicted octanol–water partition coefficient (Wildman–Crippen LogP) is 2.99. The number of carbonyl (C=O) groups excluding carboxylic acids is 1. The molecule has 1 aromatic heterocycles. The highest BCUT2D eigenvalue weighted by Crippen LogP contribution is 2.19. The number of nitrogens with zero attached hydrogens (tertiary/aromatic N) is 3. The van der Waals surface area contributed by atoms with E-state index in [0.717, 1.165) is 5.56 Å². The van der Waals surface area contributed by atoms with Gasteiger partial charge in [0.15, 0.2) is 12.6 Å². The first-order valence-corrected chi connectivity index (χ1v) is 9.09. The van der Waals surface area contributed by atoms with Crippen molar-refractivity contribution < 1.29 is 27.4 Å². The number of aliphatic imine (C=N–C) groups is 1. The molecule has 0 bridgehead atoms. The maximum Gasteiger partial charge on any atom is 0.422 e. The Kier molecular flexibility index (Phi) is 10.5. The second-order valence-corrected chi connectivity index (χ2v) is 6.32. The number of likely N-dealkylation sites (tertiary alicyclic amines) is 1. The van der Waals surface area contributed by atoms with Gasteiger partial charge in [0.05, 0.1) is 12.5 Å². The van der Waals surface area contributed by atoms with Crippen LogP contribution in [-0.4, -0.2) is 61.3 Å². The molecule has 29 heavy (non-hydrogen) atoms. The van der Waals surface area contributed by atoms with Gasteiger partial charge in [0.1, 0.15) is 0 Å². The minimum atomic E-state index is -4.41. The number of carbonyl (C=O) groups is 1. The summed E-state index contributed by atoms with van der Waals surface area (Å²) in [6.07, 6.45) is -1.64. The molecule has 1 aliphatic heterocycles. The Morgan fingerprint density at radius 1 is 1.38 bits per heavy atom. The molecule has 0 unspecified atom stereocenters. The highest BCUT2D eigenvalue weighted by Gasteiger charge is 2.29. The summed E-state index contributed by atoms with van der Waals surface area (Å²) in [6.45, 7) is 2.47. The van der Waals surface area contributed by atoms with Crippen LogP contribution in [0.1, 0.15) is 25.3 Å². The van der Waals surface area contributed by atoms with Gasteiger partial charge in [-0.05, 0) is 31.4 Å². The van der Waals surface area contributed by atoms with Gasteiger partial charge in [-0.25, -0.2) is 4.98 Å². The van der Waals surface area contributed by atoms with E-state index in [0.29, 0.717) is 45.0 Å². The molecule has 1 saturated heterocycles. The van der Waals surface area contributed by atoms with Crippen molar-refractivity contribution in [2.45, 2.75) is 32.5 Å². The van der Waals surface area contributed by atoms with Crippen LogP contribution in [0.3, 0.4) is 0 Å². The van der Waals surface area contributed by atoms with Gasteiger partial charge in [0.2, 0.25) is 5.88 Å². The van der Waals surface area contributed by atoms with Gasteiger partial charge in [-0.2, -0.15) is 13.2 Å². The number of halogens is 4. The lowest BCUT2D eigenvalue weighted by molar-refractivity contribution is -0.154. The second kappa shape index (κ2) is 12.0. The number of rotatable bonds is 6. The van der Waals surface area contributed by atoms with Crippen LogP contribution in [0, 0.1) is 5.92 Å². The minimum Gasteiger partial charge on any atom is -0.468 e. The topological polar surface area (TPSA) is 76.0 Å². The molecule has 0 aromatic carbocycles. The van der Waals surface area contributed by atoms with Crippen LogP contribution in [0.4, 0.5) is 13.2 Å². The number of piperidine rings is 1. The molecule has 0 aliphatic carbocycles. The number of nitrogens with one attached hydrogen (secondary N) is 1. The molecule has 0 atom stereocenters. The molecule has 0 spiro atoms. The van der Waals surface area contributed by atoms with Gasteiger partial charge >= 0.3 is 12.1 Å². The fourth-order valence-corrected chi connectivity index (χ4v) is 2.90. The molecule has 1 fully saturated rings. The Bertz CT molecular complexity index is 681. The van der Waals surface area contributed by atoms with E-state index < -0.39 is 12.8 Å². The maximum atomic E-state index is 12.3. The number of hydrogen-bond acceptors (Lipinski definition) is 5. The molecule has 2 rings (SSSR count). The van der Waals surface area contributed by atoms with E-state index >= 15 is 0 Å². The van der Waals surface area contributed by atoms with Crippen LogP contribution >= 0.6 is 24.0 Å². The van der Waals surface area contributed by atoms with E-state index in [2.05, 4.69) is 20.0 Å². The largest absolute Gasteiger partial charge is 0.468 e. The first-order chi connectivity index (χ1) is 13.3. The molecule has 0 amide bonds. The van der Waals surface area contributed by atoms with Gasteiger partial charge < -0.3 is 19.7 Å². The predicted molar refractivity (Wildman–Crippen MR) is 112 cm³/mol. The first kappa shape index (κ1) is 25.2. The monoisotopic (exact) mass is 530 g/mol. The fourth-order valence-electron chi connectivity index (χ4n) is 2.90. The zero-order valence-electron chi connectivity index (χ0n) is 16.4. The smallest absolute Gasteiger partial charge is 0.422 e. The lowest BCUT2D eigenvalue weighted by Crippen LogP contribution is -2.46. The normalized spacial score (nSPS) is 15.5. The minimum absolute atomic E-state index is 0. The van der Waals surface area contributed by atoms with Crippen molar-refractivity contribution in [1.82, 2.24) is 15.2 Å². The average Bonchev–Trinajstić information content (AvgIpc) is 2.67. The van der Waals surface area contributed by atoms with E-state index in [-0.39, 0.29) is 41.7 Å². The Balaban J connectivity index is 0.00000420. The van der Waals surface area contributed by atoms with Crippen molar-refractivity contribution in [3.8, 4) is 5.88 Å². The molecular weight excluding hydrogens is 504 g/mol.